The highest BCUT2D eigenvalue weighted by Gasteiger charge is 2.08. The van der Waals surface area contributed by atoms with E-state index in [-0.39, 0.29) is 11.6 Å². The molecule has 0 aliphatic rings. The minimum atomic E-state index is -0.320. The Morgan fingerprint density at radius 3 is 2.56 bits per heavy atom. The molecule has 2 aromatic carbocycles. The Morgan fingerprint density at radius 2 is 1.88 bits per heavy atom. The van der Waals surface area contributed by atoms with Crippen LogP contribution in [0.25, 0.3) is 10.8 Å². The molecule has 0 fully saturated rings. The molecule has 0 aromatic heterocycles. The highest BCUT2D eigenvalue weighted by Crippen LogP contribution is 2.24. The minimum Gasteiger partial charge on any atom is -0.207 e. The molecule has 0 N–H and O–H groups in total. The van der Waals surface area contributed by atoms with Gasteiger partial charge in [0.2, 0.25) is 0 Å². The van der Waals surface area contributed by atoms with Gasteiger partial charge in [-0.25, -0.2) is 8.78 Å². The van der Waals surface area contributed by atoms with Crippen LogP contribution in [-0.2, 0) is 6.42 Å². The Kier molecular flexibility index (Phi) is 2.90. The van der Waals surface area contributed by atoms with Crippen molar-refractivity contribution < 1.29 is 8.78 Å². The van der Waals surface area contributed by atoms with E-state index in [4.69, 9.17) is 0 Å². The molecule has 0 aliphatic heterocycles. The topological polar surface area (TPSA) is 0 Å². The van der Waals surface area contributed by atoms with Gasteiger partial charge in [-0.05, 0) is 42.0 Å². The van der Waals surface area contributed by atoms with Gasteiger partial charge in [-0.15, -0.1) is 0 Å². The zero-order valence-corrected chi connectivity index (χ0v) is 9.48. The summed E-state index contributed by atoms with van der Waals surface area (Å²) in [6.07, 6.45) is 1.58. The second kappa shape index (κ2) is 4.20. The molecule has 0 radical (unpaired) electrons. The van der Waals surface area contributed by atoms with Gasteiger partial charge in [0.25, 0.3) is 0 Å². The molecule has 2 rings (SSSR count). The van der Waals surface area contributed by atoms with Gasteiger partial charge in [-0.3, -0.25) is 0 Å². The first-order valence-corrected chi connectivity index (χ1v) is 5.50. The summed E-state index contributed by atoms with van der Waals surface area (Å²) in [5.74, 6) is -0.627. The number of fused-ring (bicyclic) bond motifs is 1. The molecule has 2 aromatic rings. The quantitative estimate of drug-likeness (QED) is 0.704. The van der Waals surface area contributed by atoms with E-state index in [2.05, 4.69) is 0 Å². The van der Waals surface area contributed by atoms with Crippen LogP contribution in [0.5, 0.6) is 0 Å². The molecular weight excluding hydrogens is 206 g/mol. The van der Waals surface area contributed by atoms with Gasteiger partial charge in [0.15, 0.2) is 0 Å². The molecule has 0 unspecified atom stereocenters. The third-order valence-electron chi connectivity index (χ3n) is 2.83. The fourth-order valence-corrected chi connectivity index (χ4v) is 1.93. The first-order chi connectivity index (χ1) is 7.63. The Bertz CT molecular complexity index is 530. The SMILES string of the molecule is CCCc1cc2ccc(C)c(F)c2cc1F. The number of halogens is 2. The van der Waals surface area contributed by atoms with Gasteiger partial charge in [0.1, 0.15) is 11.6 Å². The zero-order valence-electron chi connectivity index (χ0n) is 9.48. The van der Waals surface area contributed by atoms with Crippen molar-refractivity contribution in [2.24, 2.45) is 0 Å². The van der Waals surface area contributed by atoms with Crippen molar-refractivity contribution in [3.8, 4) is 0 Å². The average Bonchev–Trinajstić information content (AvgIpc) is 2.26. The second-order valence-corrected chi connectivity index (χ2v) is 4.11. The standard InChI is InChI=1S/C14H14F2/c1-3-4-11-7-10-6-5-9(2)14(16)12(10)8-13(11)15/h5-8H,3-4H2,1-2H3. The van der Waals surface area contributed by atoms with Crippen molar-refractivity contribution in [1.82, 2.24) is 0 Å². The molecule has 0 aliphatic carbocycles. The molecule has 84 valence electrons. The first-order valence-electron chi connectivity index (χ1n) is 5.50. The lowest BCUT2D eigenvalue weighted by atomic mass is 10.0. The van der Waals surface area contributed by atoms with Crippen molar-refractivity contribution >= 4 is 10.8 Å². The normalized spacial score (nSPS) is 11.0. The Hall–Kier alpha value is -1.44. The summed E-state index contributed by atoms with van der Waals surface area (Å²) in [6, 6.07) is 6.62. The van der Waals surface area contributed by atoms with Crippen LogP contribution in [0, 0.1) is 18.6 Å². The lowest BCUT2D eigenvalue weighted by Crippen LogP contribution is -1.93. The van der Waals surface area contributed by atoms with Crippen molar-refractivity contribution in [3.05, 3.63) is 47.0 Å². The molecule has 2 heteroatoms. The Labute approximate surface area is 93.9 Å². The Balaban J connectivity index is 2.69. The summed E-state index contributed by atoms with van der Waals surface area (Å²) in [4.78, 5) is 0. The maximum atomic E-state index is 13.7. The first kappa shape index (κ1) is 11.1. The predicted octanol–water partition coefficient (Wildman–Crippen LogP) is 4.38. The van der Waals surface area contributed by atoms with E-state index < -0.39 is 0 Å². The highest BCUT2D eigenvalue weighted by atomic mass is 19.1. The van der Waals surface area contributed by atoms with E-state index in [9.17, 15) is 8.78 Å². The molecule has 0 spiro atoms. The summed E-state index contributed by atoms with van der Waals surface area (Å²) in [5.41, 5.74) is 1.22. The zero-order chi connectivity index (χ0) is 11.7. The molecular formula is C14H14F2. The maximum Gasteiger partial charge on any atom is 0.134 e. The van der Waals surface area contributed by atoms with Crippen LogP contribution in [0.2, 0.25) is 0 Å². The summed E-state index contributed by atoms with van der Waals surface area (Å²) in [6.45, 7) is 3.69. The van der Waals surface area contributed by atoms with E-state index in [1.165, 1.54) is 6.07 Å². The number of hydrogen-bond donors (Lipinski definition) is 0. The number of hydrogen-bond acceptors (Lipinski definition) is 0. The van der Waals surface area contributed by atoms with Crippen molar-refractivity contribution in [2.45, 2.75) is 26.7 Å². The van der Waals surface area contributed by atoms with E-state index >= 15 is 0 Å². The molecule has 0 heterocycles. The predicted molar refractivity (Wildman–Crippen MR) is 62.6 cm³/mol. The van der Waals surface area contributed by atoms with Crippen molar-refractivity contribution in [1.29, 1.82) is 0 Å². The second-order valence-electron chi connectivity index (χ2n) is 4.11. The fourth-order valence-electron chi connectivity index (χ4n) is 1.93. The van der Waals surface area contributed by atoms with Crippen LogP contribution in [0.15, 0.2) is 24.3 Å². The summed E-state index contributed by atoms with van der Waals surface area (Å²) >= 11 is 0. The Morgan fingerprint density at radius 1 is 1.12 bits per heavy atom. The number of rotatable bonds is 2. The molecule has 0 amide bonds. The molecule has 16 heavy (non-hydrogen) atoms. The summed E-state index contributed by atoms with van der Waals surface area (Å²) < 4.78 is 27.4. The third-order valence-corrected chi connectivity index (χ3v) is 2.83. The van der Waals surface area contributed by atoms with Gasteiger partial charge >= 0.3 is 0 Å². The van der Waals surface area contributed by atoms with Crippen LogP contribution in [0.4, 0.5) is 8.78 Å². The smallest absolute Gasteiger partial charge is 0.134 e. The van der Waals surface area contributed by atoms with Crippen LogP contribution in [-0.4, -0.2) is 0 Å². The monoisotopic (exact) mass is 220 g/mol. The largest absolute Gasteiger partial charge is 0.207 e. The fraction of sp³-hybridized carbons (Fsp3) is 0.286. The van der Waals surface area contributed by atoms with Crippen LogP contribution < -0.4 is 0 Å². The molecule has 0 atom stereocenters. The lowest BCUT2D eigenvalue weighted by Gasteiger charge is -2.07. The third kappa shape index (κ3) is 1.80. The van der Waals surface area contributed by atoms with Crippen LogP contribution in [0.1, 0.15) is 24.5 Å². The van der Waals surface area contributed by atoms with Crippen LogP contribution in [0.3, 0.4) is 0 Å². The average molecular weight is 220 g/mol. The van der Waals surface area contributed by atoms with Gasteiger partial charge in [0, 0.05) is 5.39 Å². The van der Waals surface area contributed by atoms with E-state index in [1.807, 2.05) is 13.0 Å². The number of benzene rings is 2. The summed E-state index contributed by atoms with van der Waals surface area (Å²) in [5, 5.41) is 1.14. The minimum absolute atomic E-state index is 0.307. The molecule has 0 saturated heterocycles. The summed E-state index contributed by atoms with van der Waals surface area (Å²) in [7, 11) is 0. The van der Waals surface area contributed by atoms with E-state index in [1.54, 1.807) is 19.1 Å². The van der Waals surface area contributed by atoms with Crippen molar-refractivity contribution in [2.75, 3.05) is 0 Å². The number of aryl methyl sites for hydroxylation is 2. The van der Waals surface area contributed by atoms with Gasteiger partial charge < -0.3 is 0 Å². The van der Waals surface area contributed by atoms with Gasteiger partial charge in [0.05, 0.1) is 0 Å². The molecule has 0 nitrogen and oxygen atoms in total. The molecule has 0 bridgehead atoms. The van der Waals surface area contributed by atoms with E-state index in [0.29, 0.717) is 22.9 Å². The molecule has 0 saturated carbocycles. The van der Waals surface area contributed by atoms with Gasteiger partial charge in [-0.2, -0.15) is 0 Å². The van der Waals surface area contributed by atoms with Crippen LogP contribution >= 0.6 is 0 Å². The van der Waals surface area contributed by atoms with E-state index in [0.717, 1.165) is 11.8 Å². The van der Waals surface area contributed by atoms with Gasteiger partial charge in [-0.1, -0.05) is 25.5 Å². The van der Waals surface area contributed by atoms with Crippen molar-refractivity contribution in [3.63, 3.8) is 0 Å². The lowest BCUT2D eigenvalue weighted by molar-refractivity contribution is 0.604. The maximum absolute atomic E-state index is 13.7. The highest BCUT2D eigenvalue weighted by molar-refractivity contribution is 5.84.